The fourth-order valence-electron chi connectivity index (χ4n) is 4.85. The molecule has 2 N–H and O–H groups in total. The van der Waals surface area contributed by atoms with Crippen molar-refractivity contribution in [2.45, 2.75) is 51.9 Å². The number of nitrogens with zero attached hydrogens (tertiary/aromatic N) is 4. The summed E-state index contributed by atoms with van der Waals surface area (Å²) in [5.41, 5.74) is 8.68. The Morgan fingerprint density at radius 2 is 2.09 bits per heavy atom. The number of sulfonamides is 1. The van der Waals surface area contributed by atoms with Gasteiger partial charge in [0.15, 0.2) is 5.82 Å². The molecule has 2 aliphatic heterocycles. The number of hydrogen-bond donors (Lipinski definition) is 1. The fourth-order valence-corrected chi connectivity index (χ4v) is 6.42. The van der Waals surface area contributed by atoms with Crippen LogP contribution in [0.15, 0.2) is 18.2 Å². The summed E-state index contributed by atoms with van der Waals surface area (Å²) in [4.78, 5) is 9.40. The number of aromatic nitrogens is 3. The highest BCUT2D eigenvalue weighted by atomic mass is 32.2. The van der Waals surface area contributed by atoms with E-state index in [0.29, 0.717) is 57.2 Å². The van der Waals surface area contributed by atoms with Gasteiger partial charge in [0.05, 0.1) is 30.0 Å². The fraction of sp³-hybridized carbons (Fsp3) is 0.583. The summed E-state index contributed by atoms with van der Waals surface area (Å²) in [6.45, 7) is 6.07. The lowest BCUT2D eigenvalue weighted by molar-refractivity contribution is 0.126. The van der Waals surface area contributed by atoms with Crippen LogP contribution in [0.5, 0.6) is 5.75 Å². The number of pyridine rings is 1. The molecule has 35 heavy (non-hydrogen) atoms. The number of imidazole rings is 1. The van der Waals surface area contributed by atoms with Gasteiger partial charge < -0.3 is 24.5 Å². The Bertz CT molecular complexity index is 1300. The summed E-state index contributed by atoms with van der Waals surface area (Å²) in [5, 5.41) is 0.946. The summed E-state index contributed by atoms with van der Waals surface area (Å²) < 4.78 is 45.1. The monoisotopic (exact) mass is 503 g/mol. The summed E-state index contributed by atoms with van der Waals surface area (Å²) in [5.74, 6) is 2.16. The Balaban J connectivity index is 1.43. The third-order valence-corrected chi connectivity index (χ3v) is 8.58. The zero-order valence-electron chi connectivity index (χ0n) is 20.1. The first-order chi connectivity index (χ1) is 17.0. The van der Waals surface area contributed by atoms with E-state index in [9.17, 15) is 8.42 Å². The zero-order valence-corrected chi connectivity index (χ0v) is 20.9. The highest BCUT2D eigenvalue weighted by molar-refractivity contribution is 7.89. The van der Waals surface area contributed by atoms with E-state index in [1.54, 1.807) is 4.31 Å². The molecule has 0 bridgehead atoms. The molecule has 1 atom stereocenters. The standard InChI is InChI=1S/C24H33N5O5S/c1-2-32-16-21-27-22-23(29(21)11-4-3-9-28-10-5-13-35(28,30)31)19-7-6-17(14-20(19)26-24(22)25)34-18-8-12-33-15-18/h6-7,14,18H,2-5,8-13,15-16H2,1H3,(H2,25,26). The van der Waals surface area contributed by atoms with Gasteiger partial charge in [-0.05, 0) is 38.3 Å². The van der Waals surface area contributed by atoms with Crippen molar-refractivity contribution in [3.8, 4) is 5.75 Å². The van der Waals surface area contributed by atoms with Crippen molar-refractivity contribution in [3.05, 3.63) is 24.0 Å². The van der Waals surface area contributed by atoms with Crippen molar-refractivity contribution >= 4 is 37.8 Å². The van der Waals surface area contributed by atoms with Crippen LogP contribution in [0.4, 0.5) is 5.82 Å². The van der Waals surface area contributed by atoms with Crippen molar-refractivity contribution in [2.24, 2.45) is 0 Å². The van der Waals surface area contributed by atoms with Gasteiger partial charge in [0.2, 0.25) is 10.0 Å². The Labute approximate surface area is 205 Å². The van der Waals surface area contributed by atoms with Gasteiger partial charge >= 0.3 is 0 Å². The second-order valence-corrected chi connectivity index (χ2v) is 11.2. The van der Waals surface area contributed by atoms with Gasteiger partial charge in [0, 0.05) is 44.1 Å². The Kier molecular flexibility index (Phi) is 7.10. The molecular weight excluding hydrogens is 470 g/mol. The van der Waals surface area contributed by atoms with Gasteiger partial charge in [-0.25, -0.2) is 22.7 Å². The third-order valence-electron chi connectivity index (χ3n) is 6.62. The number of hydrogen-bond acceptors (Lipinski definition) is 8. The lowest BCUT2D eigenvalue weighted by atomic mass is 10.1. The van der Waals surface area contributed by atoms with Crippen LogP contribution in [0.3, 0.4) is 0 Å². The average molecular weight is 504 g/mol. The van der Waals surface area contributed by atoms with Gasteiger partial charge in [-0.15, -0.1) is 0 Å². The second-order valence-electron chi connectivity index (χ2n) is 9.07. The Hall–Kier alpha value is -2.47. The molecule has 3 aromatic rings. The van der Waals surface area contributed by atoms with Gasteiger partial charge in [-0.2, -0.15) is 0 Å². The molecule has 11 heteroatoms. The van der Waals surface area contributed by atoms with E-state index in [1.807, 2.05) is 25.1 Å². The lowest BCUT2D eigenvalue weighted by Crippen LogP contribution is -2.26. The molecule has 0 amide bonds. The predicted octanol–water partition coefficient (Wildman–Crippen LogP) is 2.69. The molecule has 5 rings (SSSR count). The number of anilines is 1. The first-order valence-electron chi connectivity index (χ1n) is 12.3. The SMILES string of the molecule is CCOCc1nc2c(N)nc3cc(OC4CCOC4)ccc3c2n1CCCCN1CCCS1(=O)=O. The van der Waals surface area contributed by atoms with Gasteiger partial charge in [-0.3, -0.25) is 0 Å². The van der Waals surface area contributed by atoms with Crippen LogP contribution in [-0.2, 0) is 32.6 Å². The maximum absolute atomic E-state index is 12.1. The highest BCUT2D eigenvalue weighted by Crippen LogP contribution is 2.32. The molecule has 2 fully saturated rings. The number of benzene rings is 1. The van der Waals surface area contributed by atoms with Crippen LogP contribution >= 0.6 is 0 Å². The van der Waals surface area contributed by atoms with E-state index >= 15 is 0 Å². The van der Waals surface area contributed by atoms with Gasteiger partial charge in [-0.1, -0.05) is 0 Å². The van der Waals surface area contributed by atoms with Crippen molar-refractivity contribution in [1.82, 2.24) is 18.8 Å². The Morgan fingerprint density at radius 1 is 1.23 bits per heavy atom. The molecule has 1 aromatic carbocycles. The number of rotatable bonds is 10. The molecule has 4 heterocycles. The van der Waals surface area contributed by atoms with Crippen molar-refractivity contribution < 1.29 is 22.6 Å². The van der Waals surface area contributed by atoms with E-state index in [2.05, 4.69) is 9.55 Å². The number of nitrogen functional groups attached to an aromatic ring is 1. The minimum Gasteiger partial charge on any atom is -0.488 e. The number of ether oxygens (including phenoxy) is 3. The van der Waals surface area contributed by atoms with Crippen LogP contribution in [0.2, 0.25) is 0 Å². The van der Waals surface area contributed by atoms with Crippen molar-refractivity contribution in [2.75, 3.05) is 44.4 Å². The molecule has 2 aromatic heterocycles. The zero-order chi connectivity index (χ0) is 24.4. The van der Waals surface area contributed by atoms with E-state index in [0.717, 1.165) is 53.9 Å². The quantitative estimate of drug-likeness (QED) is 0.419. The van der Waals surface area contributed by atoms with Crippen LogP contribution in [0.25, 0.3) is 21.9 Å². The molecule has 0 radical (unpaired) electrons. The molecule has 190 valence electrons. The first-order valence-corrected chi connectivity index (χ1v) is 14.0. The maximum Gasteiger partial charge on any atom is 0.214 e. The summed E-state index contributed by atoms with van der Waals surface area (Å²) in [7, 11) is -3.07. The van der Waals surface area contributed by atoms with Crippen molar-refractivity contribution in [1.29, 1.82) is 0 Å². The normalized spacial score (nSPS) is 20.3. The predicted molar refractivity (Wildman–Crippen MR) is 134 cm³/mol. The van der Waals surface area contributed by atoms with Crippen LogP contribution in [0.1, 0.15) is 38.4 Å². The second kappa shape index (κ2) is 10.3. The molecule has 2 saturated heterocycles. The highest BCUT2D eigenvalue weighted by Gasteiger charge is 2.27. The van der Waals surface area contributed by atoms with Gasteiger partial charge in [0.25, 0.3) is 0 Å². The smallest absolute Gasteiger partial charge is 0.214 e. The minimum atomic E-state index is -3.07. The average Bonchev–Trinajstić information content (AvgIpc) is 3.55. The number of nitrogens with two attached hydrogens (primary N) is 1. The largest absolute Gasteiger partial charge is 0.488 e. The molecule has 0 saturated carbocycles. The van der Waals surface area contributed by atoms with Crippen molar-refractivity contribution in [3.63, 3.8) is 0 Å². The molecule has 2 aliphatic rings. The first kappa shape index (κ1) is 24.2. The Morgan fingerprint density at radius 3 is 2.83 bits per heavy atom. The summed E-state index contributed by atoms with van der Waals surface area (Å²) >= 11 is 0. The topological polar surface area (TPSA) is 122 Å². The van der Waals surface area contributed by atoms with Gasteiger partial charge in [0.1, 0.15) is 29.8 Å². The van der Waals surface area contributed by atoms with Crippen LogP contribution < -0.4 is 10.5 Å². The van der Waals surface area contributed by atoms with E-state index < -0.39 is 10.0 Å². The molecular formula is C24H33N5O5S. The molecule has 0 spiro atoms. The molecule has 1 unspecified atom stereocenters. The number of aryl methyl sites for hydroxylation is 1. The minimum absolute atomic E-state index is 0.0521. The van der Waals surface area contributed by atoms with E-state index in [-0.39, 0.29) is 11.9 Å². The van der Waals surface area contributed by atoms with E-state index in [4.69, 9.17) is 24.9 Å². The summed E-state index contributed by atoms with van der Waals surface area (Å²) in [6, 6.07) is 5.88. The number of unbranched alkanes of at least 4 members (excludes halogenated alkanes) is 1. The maximum atomic E-state index is 12.1. The summed E-state index contributed by atoms with van der Waals surface area (Å²) in [6.07, 6.45) is 3.22. The molecule has 10 nitrogen and oxygen atoms in total. The van der Waals surface area contributed by atoms with Crippen LogP contribution in [-0.4, -0.2) is 72.0 Å². The number of fused-ring (bicyclic) bond motifs is 3. The molecule has 0 aliphatic carbocycles. The lowest BCUT2D eigenvalue weighted by Gasteiger charge is -2.15. The van der Waals surface area contributed by atoms with Crippen LogP contribution in [0, 0.1) is 0 Å². The van der Waals surface area contributed by atoms with E-state index in [1.165, 1.54) is 0 Å². The third kappa shape index (κ3) is 5.09.